The van der Waals surface area contributed by atoms with Gasteiger partial charge < -0.3 is 15.2 Å². The minimum absolute atomic E-state index is 0.0121. The molecule has 2 rings (SSSR count). The summed E-state index contributed by atoms with van der Waals surface area (Å²) in [6, 6.07) is 9.18. The van der Waals surface area contributed by atoms with Crippen LogP contribution < -0.4 is 10.1 Å². The highest BCUT2D eigenvalue weighted by atomic mass is 16.5. The normalized spacial score (nSPS) is 12.5. The van der Waals surface area contributed by atoms with Crippen molar-refractivity contribution in [3.63, 3.8) is 0 Å². The van der Waals surface area contributed by atoms with E-state index in [9.17, 15) is 9.59 Å². The minimum Gasteiger partial charge on any atom is -0.481 e. The minimum atomic E-state index is -1.00. The Balaban J connectivity index is 1.98. The van der Waals surface area contributed by atoms with Gasteiger partial charge in [-0.1, -0.05) is 32.9 Å². The van der Waals surface area contributed by atoms with Gasteiger partial charge in [0, 0.05) is 12.3 Å². The van der Waals surface area contributed by atoms with Gasteiger partial charge in [-0.25, -0.2) is 0 Å². The number of benzene rings is 1. The second kappa shape index (κ2) is 7.38. The standard InChI is InChI=1S/C18H23N3O4/c1-12(25-14-7-5-6-13(10-14)18(2,3)4)17(24)19-15-8-9-21(20-15)11-16(22)23/h5-10,12H,11H2,1-4H3,(H,22,23)(H,19,20,24). The molecule has 1 atom stereocenters. The maximum Gasteiger partial charge on any atom is 0.325 e. The van der Waals surface area contributed by atoms with Gasteiger partial charge in [-0.05, 0) is 30.0 Å². The Morgan fingerprint density at radius 2 is 2.04 bits per heavy atom. The Labute approximate surface area is 146 Å². The van der Waals surface area contributed by atoms with Crippen LogP contribution in [-0.2, 0) is 21.5 Å². The molecule has 0 bridgehead atoms. The summed E-state index contributed by atoms with van der Waals surface area (Å²) in [5, 5.41) is 15.3. The second-order valence-corrected chi connectivity index (χ2v) is 6.82. The zero-order chi connectivity index (χ0) is 18.6. The number of carboxylic acid groups (broad SMARTS) is 1. The van der Waals surface area contributed by atoms with Gasteiger partial charge >= 0.3 is 5.97 Å². The quantitative estimate of drug-likeness (QED) is 0.839. The van der Waals surface area contributed by atoms with Crippen LogP contribution in [0.2, 0.25) is 0 Å². The van der Waals surface area contributed by atoms with Crippen LogP contribution in [0.3, 0.4) is 0 Å². The first-order valence-electron chi connectivity index (χ1n) is 7.98. The summed E-state index contributed by atoms with van der Waals surface area (Å²) in [7, 11) is 0. The maximum absolute atomic E-state index is 12.2. The number of ether oxygens (including phenoxy) is 1. The largest absolute Gasteiger partial charge is 0.481 e. The molecule has 0 saturated heterocycles. The van der Waals surface area contributed by atoms with Gasteiger partial charge in [0.15, 0.2) is 11.9 Å². The number of rotatable bonds is 6. The van der Waals surface area contributed by atoms with E-state index in [2.05, 4.69) is 31.2 Å². The first-order chi connectivity index (χ1) is 11.6. The number of nitrogens with one attached hydrogen (secondary N) is 1. The highest BCUT2D eigenvalue weighted by molar-refractivity contribution is 5.93. The van der Waals surface area contributed by atoms with Crippen LogP contribution in [0, 0.1) is 0 Å². The predicted molar refractivity (Wildman–Crippen MR) is 93.7 cm³/mol. The van der Waals surface area contributed by atoms with Crippen molar-refractivity contribution < 1.29 is 19.4 Å². The Kier molecular flexibility index (Phi) is 5.46. The molecular formula is C18H23N3O4. The molecule has 1 unspecified atom stereocenters. The fourth-order valence-electron chi connectivity index (χ4n) is 2.18. The Morgan fingerprint density at radius 3 is 2.68 bits per heavy atom. The molecule has 2 N–H and O–H groups in total. The van der Waals surface area contributed by atoms with Crippen LogP contribution in [0.5, 0.6) is 5.75 Å². The van der Waals surface area contributed by atoms with Crippen molar-refractivity contribution >= 4 is 17.7 Å². The third-order valence-electron chi connectivity index (χ3n) is 3.57. The lowest BCUT2D eigenvalue weighted by atomic mass is 9.87. The van der Waals surface area contributed by atoms with Crippen molar-refractivity contribution in [1.82, 2.24) is 9.78 Å². The molecule has 0 saturated carbocycles. The molecule has 1 aromatic carbocycles. The molecule has 0 spiro atoms. The van der Waals surface area contributed by atoms with E-state index in [0.29, 0.717) is 5.75 Å². The third kappa shape index (κ3) is 5.34. The Morgan fingerprint density at radius 1 is 1.32 bits per heavy atom. The van der Waals surface area contributed by atoms with Gasteiger partial charge in [0.2, 0.25) is 0 Å². The number of aromatic nitrogens is 2. The maximum atomic E-state index is 12.2. The molecule has 0 aliphatic rings. The molecule has 1 amide bonds. The Hall–Kier alpha value is -2.83. The average molecular weight is 345 g/mol. The van der Waals surface area contributed by atoms with Crippen LogP contribution in [0.15, 0.2) is 36.5 Å². The zero-order valence-corrected chi connectivity index (χ0v) is 14.8. The number of hydrogen-bond donors (Lipinski definition) is 2. The molecule has 7 heteroatoms. The summed E-state index contributed by atoms with van der Waals surface area (Å²) in [5.74, 6) is -0.463. The molecule has 1 aromatic heterocycles. The SMILES string of the molecule is CC(Oc1cccc(C(C)(C)C)c1)C(=O)Nc1ccn(CC(=O)O)n1. The molecule has 1 heterocycles. The molecule has 0 radical (unpaired) electrons. The van der Waals surface area contributed by atoms with Crippen LogP contribution in [0.25, 0.3) is 0 Å². The van der Waals surface area contributed by atoms with Crippen molar-refractivity contribution in [3.05, 3.63) is 42.1 Å². The van der Waals surface area contributed by atoms with E-state index in [4.69, 9.17) is 9.84 Å². The number of carbonyl (C=O) groups is 2. The molecule has 134 valence electrons. The van der Waals surface area contributed by atoms with E-state index in [-0.39, 0.29) is 23.7 Å². The fraction of sp³-hybridized carbons (Fsp3) is 0.389. The third-order valence-corrected chi connectivity index (χ3v) is 3.57. The van der Waals surface area contributed by atoms with Gasteiger partial charge in [0.05, 0.1) is 0 Å². The average Bonchev–Trinajstić information content (AvgIpc) is 2.92. The van der Waals surface area contributed by atoms with E-state index in [1.807, 2.05) is 18.2 Å². The summed E-state index contributed by atoms with van der Waals surface area (Å²) in [6.07, 6.45) is 0.766. The lowest BCUT2D eigenvalue weighted by Crippen LogP contribution is -2.30. The number of amides is 1. The predicted octanol–water partition coefficient (Wildman–Crippen LogP) is 2.67. The highest BCUT2D eigenvalue weighted by Gasteiger charge is 2.18. The van der Waals surface area contributed by atoms with Gasteiger partial charge in [-0.2, -0.15) is 5.10 Å². The monoisotopic (exact) mass is 345 g/mol. The van der Waals surface area contributed by atoms with Crippen molar-refractivity contribution in [3.8, 4) is 5.75 Å². The van der Waals surface area contributed by atoms with Crippen molar-refractivity contribution in [2.24, 2.45) is 0 Å². The molecule has 25 heavy (non-hydrogen) atoms. The molecular weight excluding hydrogens is 322 g/mol. The van der Waals surface area contributed by atoms with E-state index in [0.717, 1.165) is 5.56 Å². The summed E-state index contributed by atoms with van der Waals surface area (Å²) in [5.41, 5.74) is 1.10. The van der Waals surface area contributed by atoms with Crippen LogP contribution in [0.4, 0.5) is 5.82 Å². The van der Waals surface area contributed by atoms with Crippen LogP contribution in [-0.4, -0.2) is 32.9 Å². The Bertz CT molecular complexity index is 762. The number of hydrogen-bond acceptors (Lipinski definition) is 4. The summed E-state index contributed by atoms with van der Waals surface area (Å²) in [6.45, 7) is 7.70. The van der Waals surface area contributed by atoms with E-state index >= 15 is 0 Å². The summed E-state index contributed by atoms with van der Waals surface area (Å²) in [4.78, 5) is 22.9. The van der Waals surface area contributed by atoms with Crippen molar-refractivity contribution in [2.45, 2.75) is 45.8 Å². The first-order valence-corrected chi connectivity index (χ1v) is 7.98. The lowest BCUT2D eigenvalue weighted by Gasteiger charge is -2.21. The van der Waals surface area contributed by atoms with Crippen LogP contribution in [0.1, 0.15) is 33.3 Å². The van der Waals surface area contributed by atoms with E-state index < -0.39 is 12.1 Å². The summed E-state index contributed by atoms with van der Waals surface area (Å²) >= 11 is 0. The van der Waals surface area contributed by atoms with Gasteiger partial charge in [0.25, 0.3) is 5.91 Å². The number of nitrogens with zero attached hydrogens (tertiary/aromatic N) is 2. The number of carbonyl (C=O) groups excluding carboxylic acids is 1. The number of anilines is 1. The van der Waals surface area contributed by atoms with Crippen molar-refractivity contribution in [2.75, 3.05) is 5.32 Å². The first kappa shape index (κ1) is 18.5. The fourth-order valence-corrected chi connectivity index (χ4v) is 2.18. The van der Waals surface area contributed by atoms with Gasteiger partial charge in [-0.15, -0.1) is 0 Å². The van der Waals surface area contributed by atoms with Crippen molar-refractivity contribution in [1.29, 1.82) is 0 Å². The van der Waals surface area contributed by atoms with Gasteiger partial charge in [-0.3, -0.25) is 14.3 Å². The molecule has 7 nitrogen and oxygen atoms in total. The van der Waals surface area contributed by atoms with E-state index in [1.54, 1.807) is 13.0 Å². The molecule has 2 aromatic rings. The van der Waals surface area contributed by atoms with Gasteiger partial charge in [0.1, 0.15) is 12.3 Å². The topological polar surface area (TPSA) is 93.5 Å². The summed E-state index contributed by atoms with van der Waals surface area (Å²) < 4.78 is 6.95. The second-order valence-electron chi connectivity index (χ2n) is 6.82. The lowest BCUT2D eigenvalue weighted by molar-refractivity contribution is -0.137. The smallest absolute Gasteiger partial charge is 0.325 e. The number of carboxylic acids is 1. The molecule has 0 fully saturated rings. The number of aliphatic carboxylic acids is 1. The van der Waals surface area contributed by atoms with E-state index in [1.165, 1.54) is 16.9 Å². The highest BCUT2D eigenvalue weighted by Crippen LogP contribution is 2.26. The molecule has 0 aliphatic heterocycles. The zero-order valence-electron chi connectivity index (χ0n) is 14.8. The molecule has 0 aliphatic carbocycles. The van der Waals surface area contributed by atoms with Crippen LogP contribution >= 0.6 is 0 Å².